The Labute approximate surface area is 146 Å². The van der Waals surface area contributed by atoms with E-state index in [1.54, 1.807) is 19.9 Å². The van der Waals surface area contributed by atoms with Crippen LogP contribution in [0.25, 0.3) is 6.08 Å². The fourth-order valence-electron chi connectivity index (χ4n) is 2.11. The summed E-state index contributed by atoms with van der Waals surface area (Å²) in [4.78, 5) is 25.4. The SMILES string of the molecule is CC(C)C(C(=O)[O-])N1C(=O)C(=Cc2ccc(Br)cc2)SC1=S. The minimum Gasteiger partial charge on any atom is -0.548 e. The first-order chi connectivity index (χ1) is 10.3. The molecule has 1 aliphatic rings. The zero-order valence-corrected chi connectivity index (χ0v) is 15.1. The molecule has 1 heterocycles. The molecule has 0 spiro atoms. The number of amides is 1. The third-order valence-corrected chi connectivity index (χ3v) is 5.00. The van der Waals surface area contributed by atoms with Gasteiger partial charge in [0.2, 0.25) is 0 Å². The molecule has 1 aromatic carbocycles. The Kier molecular flexibility index (Phi) is 5.41. The highest BCUT2D eigenvalue weighted by Crippen LogP contribution is 2.35. The number of thiocarbonyl (C=S) groups is 1. The van der Waals surface area contributed by atoms with E-state index in [2.05, 4.69) is 15.9 Å². The lowest BCUT2D eigenvalue weighted by atomic mass is 10.0. The molecule has 0 N–H and O–H groups in total. The van der Waals surface area contributed by atoms with Gasteiger partial charge in [0, 0.05) is 4.47 Å². The molecule has 22 heavy (non-hydrogen) atoms. The van der Waals surface area contributed by atoms with Crippen molar-refractivity contribution in [3.63, 3.8) is 0 Å². The topological polar surface area (TPSA) is 60.4 Å². The van der Waals surface area contributed by atoms with Crippen LogP contribution in [0.2, 0.25) is 0 Å². The monoisotopic (exact) mass is 398 g/mol. The number of hydrogen-bond donors (Lipinski definition) is 0. The van der Waals surface area contributed by atoms with E-state index in [1.807, 2.05) is 24.3 Å². The molecule has 2 rings (SSSR count). The van der Waals surface area contributed by atoms with Crippen molar-refractivity contribution in [1.29, 1.82) is 0 Å². The number of hydrogen-bond acceptors (Lipinski definition) is 5. The van der Waals surface area contributed by atoms with E-state index in [4.69, 9.17) is 12.2 Å². The number of carboxylic acid groups (broad SMARTS) is 1. The number of nitrogens with zero attached hydrogens (tertiary/aromatic N) is 1. The van der Waals surface area contributed by atoms with Gasteiger partial charge in [0.1, 0.15) is 4.32 Å². The summed E-state index contributed by atoms with van der Waals surface area (Å²) in [5.41, 5.74) is 0.846. The third kappa shape index (κ3) is 3.59. The van der Waals surface area contributed by atoms with E-state index in [1.165, 1.54) is 0 Å². The Morgan fingerprint density at radius 3 is 2.45 bits per heavy atom. The minimum absolute atomic E-state index is 0.247. The molecule has 0 saturated carbocycles. The van der Waals surface area contributed by atoms with Crippen molar-refractivity contribution >= 4 is 62.2 Å². The Morgan fingerprint density at radius 2 is 1.95 bits per heavy atom. The second-order valence-electron chi connectivity index (χ2n) is 5.11. The number of carboxylic acids is 1. The Bertz CT molecular complexity index is 655. The van der Waals surface area contributed by atoms with Gasteiger partial charge in [0.15, 0.2) is 0 Å². The lowest BCUT2D eigenvalue weighted by Crippen LogP contribution is -2.52. The summed E-state index contributed by atoms with van der Waals surface area (Å²) in [6.45, 7) is 3.44. The molecule has 1 atom stereocenters. The zero-order valence-electron chi connectivity index (χ0n) is 11.9. The fourth-order valence-corrected chi connectivity index (χ4v) is 3.70. The largest absolute Gasteiger partial charge is 0.548 e. The first-order valence-electron chi connectivity index (χ1n) is 6.54. The molecule has 7 heteroatoms. The minimum atomic E-state index is -1.30. The smallest absolute Gasteiger partial charge is 0.266 e. The van der Waals surface area contributed by atoms with Crippen LogP contribution in [0.5, 0.6) is 0 Å². The van der Waals surface area contributed by atoms with Gasteiger partial charge in [0.25, 0.3) is 5.91 Å². The Balaban J connectivity index is 2.32. The van der Waals surface area contributed by atoms with E-state index >= 15 is 0 Å². The molecular formula is C15H13BrNO3S2-. The van der Waals surface area contributed by atoms with Crippen LogP contribution in [0.4, 0.5) is 0 Å². The van der Waals surface area contributed by atoms with Crippen LogP contribution in [0.1, 0.15) is 19.4 Å². The molecule has 1 fully saturated rings. The van der Waals surface area contributed by atoms with Crippen LogP contribution in [0.15, 0.2) is 33.6 Å². The van der Waals surface area contributed by atoms with E-state index < -0.39 is 12.0 Å². The first-order valence-corrected chi connectivity index (χ1v) is 8.56. The van der Waals surface area contributed by atoms with Gasteiger partial charge in [-0.25, -0.2) is 0 Å². The lowest BCUT2D eigenvalue weighted by Gasteiger charge is -2.30. The van der Waals surface area contributed by atoms with Gasteiger partial charge in [0.05, 0.1) is 16.9 Å². The highest BCUT2D eigenvalue weighted by Gasteiger charge is 2.38. The molecule has 1 unspecified atom stereocenters. The zero-order chi connectivity index (χ0) is 16.4. The molecule has 0 aromatic heterocycles. The predicted molar refractivity (Wildman–Crippen MR) is 92.8 cm³/mol. The number of carbonyl (C=O) groups excluding carboxylic acids is 2. The van der Waals surface area contributed by atoms with Crippen LogP contribution < -0.4 is 5.11 Å². The van der Waals surface area contributed by atoms with Crippen LogP contribution in [-0.4, -0.2) is 27.1 Å². The molecule has 1 aromatic rings. The maximum absolute atomic E-state index is 12.5. The molecule has 1 aliphatic heterocycles. The fraction of sp³-hybridized carbons (Fsp3) is 0.267. The van der Waals surface area contributed by atoms with Gasteiger partial charge in [-0.15, -0.1) is 0 Å². The van der Waals surface area contributed by atoms with Gasteiger partial charge in [-0.1, -0.05) is 65.9 Å². The molecule has 0 aliphatic carbocycles. The number of carbonyl (C=O) groups is 2. The highest BCUT2D eigenvalue weighted by molar-refractivity contribution is 9.10. The Morgan fingerprint density at radius 1 is 1.36 bits per heavy atom. The normalized spacial score (nSPS) is 18.4. The van der Waals surface area contributed by atoms with Gasteiger partial charge >= 0.3 is 0 Å². The van der Waals surface area contributed by atoms with E-state index in [0.717, 1.165) is 26.7 Å². The molecule has 0 radical (unpaired) electrons. The van der Waals surface area contributed by atoms with E-state index in [-0.39, 0.29) is 16.1 Å². The van der Waals surface area contributed by atoms with Crippen molar-refractivity contribution in [2.75, 3.05) is 0 Å². The van der Waals surface area contributed by atoms with Gasteiger partial charge in [-0.05, 0) is 29.7 Å². The maximum Gasteiger partial charge on any atom is 0.266 e. The average molecular weight is 399 g/mol. The van der Waals surface area contributed by atoms with Crippen molar-refractivity contribution in [2.24, 2.45) is 5.92 Å². The summed E-state index contributed by atoms with van der Waals surface area (Å²) < 4.78 is 1.19. The lowest BCUT2D eigenvalue weighted by molar-refractivity contribution is -0.311. The molecule has 1 amide bonds. The number of aliphatic carboxylic acids is 1. The van der Waals surface area contributed by atoms with Crippen molar-refractivity contribution in [1.82, 2.24) is 4.90 Å². The second kappa shape index (κ2) is 6.93. The van der Waals surface area contributed by atoms with Crippen molar-refractivity contribution < 1.29 is 14.7 Å². The summed E-state index contributed by atoms with van der Waals surface area (Å²) in [6.07, 6.45) is 1.71. The number of thioether (sulfide) groups is 1. The molecule has 116 valence electrons. The number of rotatable bonds is 4. The number of halogens is 1. The molecule has 4 nitrogen and oxygen atoms in total. The van der Waals surface area contributed by atoms with Crippen molar-refractivity contribution in [3.8, 4) is 0 Å². The van der Waals surface area contributed by atoms with Gasteiger partial charge in [-0.2, -0.15) is 0 Å². The van der Waals surface area contributed by atoms with Crippen molar-refractivity contribution in [3.05, 3.63) is 39.2 Å². The summed E-state index contributed by atoms with van der Waals surface area (Å²) in [7, 11) is 0. The van der Waals surface area contributed by atoms with Crippen LogP contribution in [-0.2, 0) is 9.59 Å². The Hall–Kier alpha value is -1.18. The third-order valence-electron chi connectivity index (χ3n) is 3.14. The molecule has 1 saturated heterocycles. The standard InChI is InChI=1S/C15H14BrNO3S2/c1-8(2)12(14(19)20)17-13(18)11(22-15(17)21)7-9-3-5-10(16)6-4-9/h3-8,12H,1-2H3,(H,19,20)/p-1. The van der Waals surface area contributed by atoms with Crippen LogP contribution in [0.3, 0.4) is 0 Å². The summed E-state index contributed by atoms with van der Waals surface area (Å²) in [5.74, 6) is -1.98. The highest BCUT2D eigenvalue weighted by atomic mass is 79.9. The van der Waals surface area contributed by atoms with Gasteiger partial charge in [-0.3, -0.25) is 9.69 Å². The quantitative estimate of drug-likeness (QED) is 0.575. The van der Waals surface area contributed by atoms with Crippen molar-refractivity contribution in [2.45, 2.75) is 19.9 Å². The average Bonchev–Trinajstić information content (AvgIpc) is 2.69. The van der Waals surface area contributed by atoms with Crippen LogP contribution in [0, 0.1) is 5.92 Å². The molecular weight excluding hydrogens is 386 g/mol. The van der Waals surface area contributed by atoms with E-state index in [0.29, 0.717) is 4.91 Å². The summed E-state index contributed by atoms with van der Waals surface area (Å²) in [5, 5.41) is 11.3. The summed E-state index contributed by atoms with van der Waals surface area (Å²) >= 11 is 9.63. The number of benzene rings is 1. The molecule has 0 bridgehead atoms. The summed E-state index contributed by atoms with van der Waals surface area (Å²) in [6, 6.07) is 6.39. The second-order valence-corrected chi connectivity index (χ2v) is 7.70. The van der Waals surface area contributed by atoms with Crippen LogP contribution >= 0.6 is 39.9 Å². The van der Waals surface area contributed by atoms with E-state index in [9.17, 15) is 14.7 Å². The maximum atomic E-state index is 12.5. The predicted octanol–water partition coefficient (Wildman–Crippen LogP) is 2.42. The first kappa shape index (κ1) is 17.2. The van der Waals surface area contributed by atoms with Gasteiger partial charge < -0.3 is 9.90 Å².